The van der Waals surface area contributed by atoms with Gasteiger partial charge in [0, 0.05) is 18.1 Å². The van der Waals surface area contributed by atoms with Crippen LogP contribution < -0.4 is 5.73 Å². The molecule has 4 atom stereocenters. The fourth-order valence-electron chi connectivity index (χ4n) is 2.74. The van der Waals surface area contributed by atoms with Gasteiger partial charge < -0.3 is 10.5 Å². The van der Waals surface area contributed by atoms with Crippen LogP contribution in [0.2, 0.25) is 0 Å². The van der Waals surface area contributed by atoms with E-state index in [9.17, 15) is 0 Å². The van der Waals surface area contributed by atoms with Gasteiger partial charge in [0.15, 0.2) is 0 Å². The van der Waals surface area contributed by atoms with Gasteiger partial charge in [-0.2, -0.15) is 0 Å². The third-order valence-corrected chi connectivity index (χ3v) is 3.85. The minimum atomic E-state index is 0.358. The Morgan fingerprint density at radius 3 is 2.71 bits per heavy atom. The van der Waals surface area contributed by atoms with Crippen LogP contribution in [0.5, 0.6) is 0 Å². The molecule has 0 aromatic heterocycles. The van der Waals surface area contributed by atoms with E-state index in [0.29, 0.717) is 24.0 Å². The van der Waals surface area contributed by atoms with Gasteiger partial charge in [-0.25, -0.2) is 0 Å². The summed E-state index contributed by atoms with van der Waals surface area (Å²) in [5.41, 5.74) is 6.10. The normalized spacial score (nSPS) is 45.6. The Hall–Kier alpha value is -0.120. The van der Waals surface area contributed by atoms with E-state index >= 15 is 0 Å². The van der Waals surface area contributed by atoms with E-state index in [4.69, 9.17) is 10.5 Å². The first kappa shape index (κ1) is 10.4. The van der Waals surface area contributed by atoms with Crippen molar-refractivity contribution in [3.05, 3.63) is 0 Å². The molecule has 0 spiro atoms. The number of likely N-dealkylation sites (tertiary alicyclic amines) is 1. The molecule has 0 amide bonds. The molecule has 2 saturated heterocycles. The molecule has 0 saturated carbocycles. The highest BCUT2D eigenvalue weighted by molar-refractivity contribution is 4.91. The molecule has 14 heavy (non-hydrogen) atoms. The number of hydrogen-bond acceptors (Lipinski definition) is 3. The van der Waals surface area contributed by atoms with Crippen molar-refractivity contribution in [2.45, 2.75) is 44.8 Å². The molecule has 2 fully saturated rings. The molecule has 0 aromatic carbocycles. The topological polar surface area (TPSA) is 38.5 Å². The Labute approximate surface area is 86.6 Å². The van der Waals surface area contributed by atoms with Crippen molar-refractivity contribution >= 4 is 0 Å². The molecule has 2 unspecified atom stereocenters. The number of hydrogen-bond donors (Lipinski definition) is 1. The van der Waals surface area contributed by atoms with E-state index in [-0.39, 0.29) is 0 Å². The fourth-order valence-corrected chi connectivity index (χ4v) is 2.74. The van der Waals surface area contributed by atoms with Crippen LogP contribution in [-0.2, 0) is 4.74 Å². The minimum absolute atomic E-state index is 0.358. The first-order valence-corrected chi connectivity index (χ1v) is 5.79. The van der Waals surface area contributed by atoms with Crippen molar-refractivity contribution in [3.8, 4) is 0 Å². The van der Waals surface area contributed by atoms with Crippen molar-refractivity contribution in [2.24, 2.45) is 11.7 Å². The summed E-state index contributed by atoms with van der Waals surface area (Å²) in [6.07, 6.45) is 2.42. The van der Waals surface area contributed by atoms with E-state index in [1.165, 1.54) is 19.4 Å². The molecular formula is C11H22N2O. The summed E-state index contributed by atoms with van der Waals surface area (Å²) < 4.78 is 5.52. The Kier molecular flexibility index (Phi) is 3.10. The molecule has 3 heteroatoms. The van der Waals surface area contributed by atoms with Gasteiger partial charge in [0.25, 0.3) is 0 Å². The van der Waals surface area contributed by atoms with Crippen LogP contribution in [0.1, 0.15) is 26.7 Å². The van der Waals surface area contributed by atoms with Crippen LogP contribution in [0.3, 0.4) is 0 Å². The quantitative estimate of drug-likeness (QED) is 0.678. The largest absolute Gasteiger partial charge is 0.379 e. The van der Waals surface area contributed by atoms with Gasteiger partial charge in [-0.1, -0.05) is 6.92 Å². The van der Waals surface area contributed by atoms with Crippen LogP contribution in [0.4, 0.5) is 0 Å². The highest BCUT2D eigenvalue weighted by Gasteiger charge is 2.36. The Bertz CT molecular complexity index is 198. The van der Waals surface area contributed by atoms with Gasteiger partial charge in [-0.05, 0) is 32.2 Å². The number of ether oxygens (including phenoxy) is 1. The summed E-state index contributed by atoms with van der Waals surface area (Å²) in [6.45, 7) is 7.56. The van der Waals surface area contributed by atoms with Crippen LogP contribution in [0.15, 0.2) is 0 Å². The summed E-state index contributed by atoms with van der Waals surface area (Å²) in [5, 5.41) is 0. The Morgan fingerprint density at radius 1 is 1.29 bits per heavy atom. The zero-order valence-corrected chi connectivity index (χ0v) is 9.28. The smallest absolute Gasteiger partial charge is 0.0625 e. The maximum atomic E-state index is 6.10. The molecule has 0 aromatic rings. The Morgan fingerprint density at radius 2 is 2.07 bits per heavy atom. The van der Waals surface area contributed by atoms with Gasteiger partial charge in [-0.15, -0.1) is 0 Å². The average Bonchev–Trinajstić information content (AvgIpc) is 2.57. The Balaban J connectivity index is 2.01. The molecule has 2 aliphatic rings. The molecule has 2 aliphatic heterocycles. The third-order valence-electron chi connectivity index (χ3n) is 3.85. The molecule has 0 radical (unpaired) electrons. The second-order valence-electron chi connectivity index (χ2n) is 4.87. The highest BCUT2D eigenvalue weighted by atomic mass is 16.5. The number of nitrogens with zero attached hydrogens (tertiary/aromatic N) is 1. The van der Waals surface area contributed by atoms with Crippen molar-refractivity contribution < 1.29 is 4.74 Å². The summed E-state index contributed by atoms with van der Waals surface area (Å²) in [4.78, 5) is 2.56. The summed E-state index contributed by atoms with van der Waals surface area (Å²) >= 11 is 0. The average molecular weight is 198 g/mol. The zero-order chi connectivity index (χ0) is 10.1. The van der Waals surface area contributed by atoms with Gasteiger partial charge in [0.1, 0.15) is 0 Å². The van der Waals surface area contributed by atoms with Crippen LogP contribution in [-0.4, -0.2) is 42.8 Å². The van der Waals surface area contributed by atoms with Crippen molar-refractivity contribution in [1.82, 2.24) is 4.90 Å². The lowest BCUT2D eigenvalue weighted by Gasteiger charge is -2.42. The number of piperidine rings is 1. The minimum Gasteiger partial charge on any atom is -0.379 e. The monoisotopic (exact) mass is 198 g/mol. The van der Waals surface area contributed by atoms with Crippen LogP contribution in [0, 0.1) is 5.92 Å². The van der Waals surface area contributed by atoms with Crippen LogP contribution >= 0.6 is 0 Å². The van der Waals surface area contributed by atoms with Gasteiger partial charge in [0.05, 0.1) is 13.2 Å². The molecule has 0 aliphatic carbocycles. The predicted octanol–water partition coefficient (Wildman–Crippen LogP) is 0.833. The second kappa shape index (κ2) is 4.17. The van der Waals surface area contributed by atoms with E-state index in [1.54, 1.807) is 0 Å². The van der Waals surface area contributed by atoms with E-state index in [1.807, 2.05) is 0 Å². The van der Waals surface area contributed by atoms with Crippen molar-refractivity contribution in [3.63, 3.8) is 0 Å². The van der Waals surface area contributed by atoms with Crippen molar-refractivity contribution in [2.75, 3.05) is 19.8 Å². The zero-order valence-electron chi connectivity index (χ0n) is 9.28. The first-order valence-electron chi connectivity index (χ1n) is 5.79. The summed E-state index contributed by atoms with van der Waals surface area (Å²) in [7, 11) is 0. The van der Waals surface area contributed by atoms with E-state index in [2.05, 4.69) is 18.7 Å². The molecule has 2 N–H and O–H groups in total. The van der Waals surface area contributed by atoms with E-state index < -0.39 is 0 Å². The van der Waals surface area contributed by atoms with Crippen molar-refractivity contribution in [1.29, 1.82) is 0 Å². The number of rotatable bonds is 1. The molecular weight excluding hydrogens is 176 g/mol. The lowest BCUT2D eigenvalue weighted by molar-refractivity contribution is 0.0685. The lowest BCUT2D eigenvalue weighted by Crippen LogP contribution is -2.55. The molecule has 2 heterocycles. The molecule has 3 nitrogen and oxygen atoms in total. The van der Waals surface area contributed by atoms with Crippen LogP contribution in [0.25, 0.3) is 0 Å². The standard InChI is InChI=1S/C11H22N2O/c1-8-6-14-7-11(8)13-5-3-4-10(12)9(13)2/h8-11H,3-7,12H2,1-2H3/t8?,9-,10-,11?/m1/s1. The van der Waals surface area contributed by atoms with E-state index in [0.717, 1.165) is 13.2 Å². The lowest BCUT2D eigenvalue weighted by atomic mass is 9.93. The molecule has 0 bridgehead atoms. The third kappa shape index (κ3) is 1.81. The maximum absolute atomic E-state index is 6.10. The molecule has 82 valence electrons. The predicted molar refractivity (Wildman–Crippen MR) is 57.1 cm³/mol. The van der Waals surface area contributed by atoms with Gasteiger partial charge in [0.2, 0.25) is 0 Å². The first-order chi connectivity index (χ1) is 6.70. The summed E-state index contributed by atoms with van der Waals surface area (Å²) in [6, 6.07) is 1.49. The number of nitrogens with two attached hydrogens (primary N) is 1. The second-order valence-corrected chi connectivity index (χ2v) is 4.87. The maximum Gasteiger partial charge on any atom is 0.0625 e. The highest BCUT2D eigenvalue weighted by Crippen LogP contribution is 2.26. The SMILES string of the molecule is CC1COCC1N1CCC[C@@H](N)[C@H]1C. The van der Waals surface area contributed by atoms with Gasteiger partial charge in [-0.3, -0.25) is 4.90 Å². The summed E-state index contributed by atoms with van der Waals surface area (Å²) in [5.74, 6) is 0.669. The molecule has 2 rings (SSSR count). The van der Waals surface area contributed by atoms with Gasteiger partial charge >= 0.3 is 0 Å². The fraction of sp³-hybridized carbons (Fsp3) is 1.00.